The van der Waals surface area contributed by atoms with Crippen LogP contribution in [0.3, 0.4) is 0 Å². The van der Waals surface area contributed by atoms with E-state index < -0.39 is 6.10 Å². The van der Waals surface area contributed by atoms with E-state index in [1.165, 1.54) is 0 Å². The average Bonchev–Trinajstić information content (AvgIpc) is 2.27. The first kappa shape index (κ1) is 11.7. The molecule has 1 aromatic rings. The molecule has 1 atom stereocenters. The molecule has 1 aromatic carbocycles. The fraction of sp³-hybridized carbons (Fsp3) is 0.417. The number of aliphatic hydroxyl groups is 1. The molecule has 0 heterocycles. The monoisotopic (exact) mass is 207 g/mol. The van der Waals surface area contributed by atoms with Crippen LogP contribution >= 0.6 is 0 Å². The topological polar surface area (TPSA) is 49.3 Å². The highest BCUT2D eigenvalue weighted by atomic mass is 16.3. The van der Waals surface area contributed by atoms with Gasteiger partial charge in [0.2, 0.25) is 0 Å². The maximum absolute atomic E-state index is 11.5. The molecule has 0 bridgehead atoms. The van der Waals surface area contributed by atoms with E-state index in [4.69, 9.17) is 0 Å². The Bertz CT molecular complexity index is 298. The van der Waals surface area contributed by atoms with Crippen LogP contribution in [0.5, 0.6) is 0 Å². The molecule has 0 saturated carbocycles. The number of nitrogens with one attached hydrogen (secondary N) is 1. The van der Waals surface area contributed by atoms with Crippen LogP contribution in [0, 0.1) is 0 Å². The molecule has 82 valence electrons. The van der Waals surface area contributed by atoms with Crippen molar-refractivity contribution in [3.05, 3.63) is 35.9 Å². The van der Waals surface area contributed by atoms with Gasteiger partial charge in [0.15, 0.2) is 0 Å². The zero-order valence-corrected chi connectivity index (χ0v) is 8.94. The summed E-state index contributed by atoms with van der Waals surface area (Å²) < 4.78 is 0. The van der Waals surface area contributed by atoms with E-state index in [2.05, 4.69) is 5.32 Å². The summed E-state index contributed by atoms with van der Waals surface area (Å²) in [6.45, 7) is 2.32. The van der Waals surface area contributed by atoms with E-state index in [0.717, 1.165) is 12.8 Å². The van der Waals surface area contributed by atoms with Gasteiger partial charge < -0.3 is 10.4 Å². The molecular formula is C12H17NO2. The highest BCUT2D eigenvalue weighted by Gasteiger charge is 2.07. The number of aliphatic hydroxyl groups excluding tert-OH is 1. The van der Waals surface area contributed by atoms with Gasteiger partial charge in [0.05, 0.1) is 6.10 Å². The van der Waals surface area contributed by atoms with Gasteiger partial charge in [0.1, 0.15) is 0 Å². The molecule has 0 aliphatic carbocycles. The molecule has 15 heavy (non-hydrogen) atoms. The molecule has 0 aliphatic rings. The van der Waals surface area contributed by atoms with Gasteiger partial charge in [-0.1, -0.05) is 31.5 Å². The third kappa shape index (κ3) is 4.13. The Balaban J connectivity index is 2.37. The molecule has 0 saturated heterocycles. The summed E-state index contributed by atoms with van der Waals surface area (Å²) in [6.07, 6.45) is 1.19. The highest BCUT2D eigenvalue weighted by Crippen LogP contribution is 1.99. The van der Waals surface area contributed by atoms with Gasteiger partial charge in [0.25, 0.3) is 5.91 Å². The van der Waals surface area contributed by atoms with Crippen molar-refractivity contribution in [1.29, 1.82) is 0 Å². The summed E-state index contributed by atoms with van der Waals surface area (Å²) in [6, 6.07) is 9.00. The van der Waals surface area contributed by atoms with Gasteiger partial charge in [-0.2, -0.15) is 0 Å². The largest absolute Gasteiger partial charge is 0.391 e. The third-order valence-electron chi connectivity index (χ3n) is 2.16. The van der Waals surface area contributed by atoms with Crippen molar-refractivity contribution in [3.8, 4) is 0 Å². The minimum atomic E-state index is -0.442. The van der Waals surface area contributed by atoms with Crippen molar-refractivity contribution in [2.75, 3.05) is 6.54 Å². The normalized spacial score (nSPS) is 12.1. The van der Waals surface area contributed by atoms with Crippen LogP contribution in [0.4, 0.5) is 0 Å². The molecule has 1 unspecified atom stereocenters. The Hall–Kier alpha value is -1.35. The van der Waals surface area contributed by atoms with Gasteiger partial charge in [-0.05, 0) is 18.6 Å². The van der Waals surface area contributed by atoms with Crippen molar-refractivity contribution < 1.29 is 9.90 Å². The van der Waals surface area contributed by atoms with Gasteiger partial charge in [-0.3, -0.25) is 4.79 Å². The predicted molar refractivity (Wildman–Crippen MR) is 59.7 cm³/mol. The number of benzene rings is 1. The van der Waals surface area contributed by atoms with Crippen molar-refractivity contribution in [1.82, 2.24) is 5.32 Å². The van der Waals surface area contributed by atoms with Crippen LogP contribution in [0.1, 0.15) is 30.1 Å². The second-order valence-corrected chi connectivity index (χ2v) is 3.52. The van der Waals surface area contributed by atoms with Gasteiger partial charge >= 0.3 is 0 Å². The third-order valence-corrected chi connectivity index (χ3v) is 2.16. The number of hydrogen-bond acceptors (Lipinski definition) is 2. The second-order valence-electron chi connectivity index (χ2n) is 3.52. The van der Waals surface area contributed by atoms with E-state index >= 15 is 0 Å². The Labute approximate surface area is 90.1 Å². The molecule has 0 radical (unpaired) electrons. The van der Waals surface area contributed by atoms with E-state index in [9.17, 15) is 9.90 Å². The lowest BCUT2D eigenvalue weighted by Gasteiger charge is -2.10. The maximum Gasteiger partial charge on any atom is 0.251 e. The summed E-state index contributed by atoms with van der Waals surface area (Å²) in [7, 11) is 0. The second kappa shape index (κ2) is 6.19. The number of carbonyl (C=O) groups is 1. The first-order chi connectivity index (χ1) is 7.24. The van der Waals surface area contributed by atoms with E-state index in [0.29, 0.717) is 12.1 Å². The maximum atomic E-state index is 11.5. The molecule has 1 amide bonds. The lowest BCUT2D eigenvalue weighted by atomic mass is 10.2. The van der Waals surface area contributed by atoms with Gasteiger partial charge in [0, 0.05) is 12.1 Å². The van der Waals surface area contributed by atoms with Crippen LogP contribution in [0.25, 0.3) is 0 Å². The zero-order chi connectivity index (χ0) is 11.1. The summed E-state index contributed by atoms with van der Waals surface area (Å²) in [4.78, 5) is 11.5. The van der Waals surface area contributed by atoms with Crippen LogP contribution in [-0.2, 0) is 0 Å². The van der Waals surface area contributed by atoms with Crippen LogP contribution in [0.2, 0.25) is 0 Å². The minimum Gasteiger partial charge on any atom is -0.391 e. The molecule has 1 rings (SSSR count). The molecular weight excluding hydrogens is 190 g/mol. The molecule has 0 aromatic heterocycles. The lowest BCUT2D eigenvalue weighted by molar-refractivity contribution is 0.0910. The lowest BCUT2D eigenvalue weighted by Crippen LogP contribution is -2.31. The smallest absolute Gasteiger partial charge is 0.251 e. The minimum absolute atomic E-state index is 0.134. The summed E-state index contributed by atoms with van der Waals surface area (Å²) in [5.74, 6) is -0.134. The average molecular weight is 207 g/mol. The SMILES string of the molecule is CCCC(O)CNC(=O)c1ccccc1. The first-order valence-electron chi connectivity index (χ1n) is 5.25. The van der Waals surface area contributed by atoms with E-state index in [1.807, 2.05) is 25.1 Å². The van der Waals surface area contributed by atoms with Crippen LogP contribution in [0.15, 0.2) is 30.3 Å². The summed E-state index contributed by atoms with van der Waals surface area (Å²) in [5.41, 5.74) is 0.626. The summed E-state index contributed by atoms with van der Waals surface area (Å²) >= 11 is 0. The number of rotatable bonds is 5. The van der Waals surface area contributed by atoms with E-state index in [-0.39, 0.29) is 5.91 Å². The zero-order valence-electron chi connectivity index (χ0n) is 8.94. The highest BCUT2D eigenvalue weighted by molar-refractivity contribution is 5.94. The Morgan fingerprint density at radius 3 is 2.67 bits per heavy atom. The number of amides is 1. The molecule has 0 spiro atoms. The fourth-order valence-electron chi connectivity index (χ4n) is 1.34. The Morgan fingerprint density at radius 2 is 2.07 bits per heavy atom. The van der Waals surface area contributed by atoms with Crippen molar-refractivity contribution in [2.45, 2.75) is 25.9 Å². The van der Waals surface area contributed by atoms with Crippen LogP contribution in [-0.4, -0.2) is 23.7 Å². The van der Waals surface area contributed by atoms with Gasteiger partial charge in [-0.25, -0.2) is 0 Å². The Morgan fingerprint density at radius 1 is 1.40 bits per heavy atom. The molecule has 0 aliphatic heterocycles. The van der Waals surface area contributed by atoms with Crippen molar-refractivity contribution in [3.63, 3.8) is 0 Å². The molecule has 0 fully saturated rings. The number of carbonyl (C=O) groups excluding carboxylic acids is 1. The Kier molecular flexibility index (Phi) is 4.84. The standard InChI is InChI=1S/C12H17NO2/c1-2-6-11(14)9-13-12(15)10-7-4-3-5-8-10/h3-5,7-8,11,14H,2,6,9H2,1H3,(H,13,15). The predicted octanol–water partition coefficient (Wildman–Crippen LogP) is 1.58. The fourth-order valence-corrected chi connectivity index (χ4v) is 1.34. The van der Waals surface area contributed by atoms with Crippen molar-refractivity contribution >= 4 is 5.91 Å². The van der Waals surface area contributed by atoms with Gasteiger partial charge in [-0.15, -0.1) is 0 Å². The van der Waals surface area contributed by atoms with Crippen molar-refractivity contribution in [2.24, 2.45) is 0 Å². The van der Waals surface area contributed by atoms with Crippen LogP contribution < -0.4 is 5.32 Å². The number of hydrogen-bond donors (Lipinski definition) is 2. The molecule has 2 N–H and O–H groups in total. The molecule has 3 heteroatoms. The van der Waals surface area contributed by atoms with E-state index in [1.54, 1.807) is 12.1 Å². The molecule has 3 nitrogen and oxygen atoms in total. The first-order valence-corrected chi connectivity index (χ1v) is 5.25. The summed E-state index contributed by atoms with van der Waals surface area (Å²) in [5, 5.41) is 12.1. The quantitative estimate of drug-likeness (QED) is 0.770.